The SMILES string of the molecule is Cc1ccc2oc(C3CCCC3C(=O)O)cc2c1. The van der Waals surface area contributed by atoms with Crippen molar-refractivity contribution in [2.24, 2.45) is 5.92 Å². The third-order valence-corrected chi connectivity index (χ3v) is 3.89. The molecule has 1 aliphatic carbocycles. The molecule has 18 heavy (non-hydrogen) atoms. The van der Waals surface area contributed by atoms with Crippen LogP contribution in [0.3, 0.4) is 0 Å². The van der Waals surface area contributed by atoms with Crippen molar-refractivity contribution in [2.45, 2.75) is 32.1 Å². The fraction of sp³-hybridized carbons (Fsp3) is 0.400. The monoisotopic (exact) mass is 244 g/mol. The molecular weight excluding hydrogens is 228 g/mol. The first kappa shape index (κ1) is 11.3. The maximum atomic E-state index is 11.2. The molecule has 0 saturated heterocycles. The van der Waals surface area contributed by atoms with E-state index in [2.05, 4.69) is 6.07 Å². The van der Waals surface area contributed by atoms with Gasteiger partial charge >= 0.3 is 5.97 Å². The molecule has 3 nitrogen and oxygen atoms in total. The Morgan fingerprint density at radius 1 is 1.33 bits per heavy atom. The van der Waals surface area contributed by atoms with Crippen molar-refractivity contribution < 1.29 is 14.3 Å². The zero-order chi connectivity index (χ0) is 12.7. The highest BCUT2D eigenvalue weighted by atomic mass is 16.4. The van der Waals surface area contributed by atoms with Crippen molar-refractivity contribution in [3.8, 4) is 0 Å². The highest BCUT2D eigenvalue weighted by molar-refractivity contribution is 5.79. The molecule has 1 aromatic carbocycles. The molecule has 2 atom stereocenters. The Labute approximate surface area is 105 Å². The van der Waals surface area contributed by atoms with Crippen LogP contribution < -0.4 is 0 Å². The van der Waals surface area contributed by atoms with Crippen molar-refractivity contribution >= 4 is 16.9 Å². The number of rotatable bonds is 2. The van der Waals surface area contributed by atoms with E-state index in [1.54, 1.807) is 0 Å². The second-order valence-corrected chi connectivity index (χ2v) is 5.17. The topological polar surface area (TPSA) is 50.4 Å². The first-order valence-corrected chi connectivity index (χ1v) is 6.38. The number of carboxylic acids is 1. The minimum atomic E-state index is -0.700. The molecule has 0 amide bonds. The molecule has 1 saturated carbocycles. The van der Waals surface area contributed by atoms with E-state index >= 15 is 0 Å². The molecule has 1 aliphatic rings. The lowest BCUT2D eigenvalue weighted by Crippen LogP contribution is -2.16. The summed E-state index contributed by atoms with van der Waals surface area (Å²) in [6, 6.07) is 8.05. The largest absolute Gasteiger partial charge is 0.481 e. The standard InChI is InChI=1S/C15H16O3/c1-9-5-6-13-10(7-9)8-14(18-13)11-3-2-4-12(11)15(16)17/h5-8,11-12H,2-4H2,1H3,(H,16,17). The third-order valence-electron chi connectivity index (χ3n) is 3.89. The first-order chi connectivity index (χ1) is 8.65. The lowest BCUT2D eigenvalue weighted by Gasteiger charge is -2.12. The number of hydrogen-bond donors (Lipinski definition) is 1. The maximum absolute atomic E-state index is 11.2. The molecule has 0 aliphatic heterocycles. The molecule has 0 spiro atoms. The van der Waals surface area contributed by atoms with Gasteiger partial charge in [-0.2, -0.15) is 0 Å². The van der Waals surface area contributed by atoms with Gasteiger partial charge in [-0.1, -0.05) is 18.1 Å². The minimum absolute atomic E-state index is 0.0372. The highest BCUT2D eigenvalue weighted by Gasteiger charge is 2.35. The molecule has 1 N–H and O–H groups in total. The Morgan fingerprint density at radius 3 is 2.94 bits per heavy atom. The number of furan rings is 1. The molecule has 2 unspecified atom stereocenters. The minimum Gasteiger partial charge on any atom is -0.481 e. The van der Waals surface area contributed by atoms with Gasteiger partial charge in [0.15, 0.2) is 0 Å². The summed E-state index contributed by atoms with van der Waals surface area (Å²) in [6.45, 7) is 2.04. The molecule has 0 radical (unpaired) electrons. The van der Waals surface area contributed by atoms with Gasteiger partial charge in [0.1, 0.15) is 11.3 Å². The van der Waals surface area contributed by atoms with Crippen LogP contribution in [0.15, 0.2) is 28.7 Å². The van der Waals surface area contributed by atoms with Crippen molar-refractivity contribution in [1.82, 2.24) is 0 Å². The van der Waals surface area contributed by atoms with Crippen LogP contribution in [0.2, 0.25) is 0 Å². The molecule has 2 aromatic rings. The Balaban J connectivity index is 2.01. The third kappa shape index (κ3) is 1.80. The van der Waals surface area contributed by atoms with E-state index in [1.807, 2.05) is 25.1 Å². The maximum Gasteiger partial charge on any atom is 0.307 e. The molecule has 3 rings (SSSR count). The summed E-state index contributed by atoms with van der Waals surface area (Å²) >= 11 is 0. The number of hydrogen-bond acceptors (Lipinski definition) is 2. The van der Waals surface area contributed by atoms with E-state index in [0.29, 0.717) is 0 Å². The van der Waals surface area contributed by atoms with Gasteiger partial charge in [0.2, 0.25) is 0 Å². The van der Waals surface area contributed by atoms with E-state index in [0.717, 1.165) is 36.0 Å². The predicted molar refractivity (Wildman–Crippen MR) is 68.7 cm³/mol. The normalized spacial score (nSPS) is 23.6. The van der Waals surface area contributed by atoms with Crippen molar-refractivity contribution in [2.75, 3.05) is 0 Å². The Bertz CT molecular complexity index is 597. The van der Waals surface area contributed by atoms with Gasteiger partial charge in [-0.3, -0.25) is 4.79 Å². The number of carboxylic acid groups (broad SMARTS) is 1. The molecule has 0 bridgehead atoms. The number of aliphatic carboxylic acids is 1. The predicted octanol–water partition coefficient (Wildman–Crippen LogP) is 3.71. The summed E-state index contributed by atoms with van der Waals surface area (Å²) in [5.74, 6) is -0.114. The zero-order valence-electron chi connectivity index (χ0n) is 10.3. The van der Waals surface area contributed by atoms with Crippen LogP contribution in [0.25, 0.3) is 11.0 Å². The first-order valence-electron chi connectivity index (χ1n) is 6.38. The summed E-state index contributed by atoms with van der Waals surface area (Å²) in [4.78, 5) is 11.2. The lowest BCUT2D eigenvalue weighted by molar-refractivity contribution is -0.142. The summed E-state index contributed by atoms with van der Waals surface area (Å²) in [6.07, 6.45) is 2.64. The molecular formula is C15H16O3. The Hall–Kier alpha value is -1.77. The second kappa shape index (κ2) is 4.16. The van der Waals surface area contributed by atoms with Crippen LogP contribution in [0.4, 0.5) is 0 Å². The summed E-state index contributed by atoms with van der Waals surface area (Å²) in [5.41, 5.74) is 2.04. The molecule has 94 valence electrons. The fourth-order valence-electron chi connectivity index (χ4n) is 2.96. The molecule has 1 heterocycles. The van der Waals surface area contributed by atoms with Gasteiger partial charge in [-0.15, -0.1) is 0 Å². The second-order valence-electron chi connectivity index (χ2n) is 5.17. The van der Waals surface area contributed by atoms with Gasteiger partial charge in [0, 0.05) is 11.3 Å². The zero-order valence-corrected chi connectivity index (χ0v) is 10.3. The average Bonchev–Trinajstić information content (AvgIpc) is 2.93. The van der Waals surface area contributed by atoms with Crippen molar-refractivity contribution in [3.05, 3.63) is 35.6 Å². The number of fused-ring (bicyclic) bond motifs is 1. The van der Waals surface area contributed by atoms with Crippen molar-refractivity contribution in [1.29, 1.82) is 0 Å². The molecule has 3 heteroatoms. The van der Waals surface area contributed by atoms with Crippen LogP contribution in [-0.2, 0) is 4.79 Å². The molecule has 1 aromatic heterocycles. The van der Waals surface area contributed by atoms with Gasteiger partial charge in [-0.25, -0.2) is 0 Å². The van der Waals surface area contributed by atoms with Gasteiger partial charge < -0.3 is 9.52 Å². The van der Waals surface area contributed by atoms with Crippen molar-refractivity contribution in [3.63, 3.8) is 0 Å². The Kier molecular flexibility index (Phi) is 2.62. The Morgan fingerprint density at radius 2 is 2.17 bits per heavy atom. The van der Waals surface area contributed by atoms with Gasteiger partial charge in [-0.05, 0) is 38.0 Å². The van der Waals surface area contributed by atoms with Crippen LogP contribution in [-0.4, -0.2) is 11.1 Å². The summed E-state index contributed by atoms with van der Waals surface area (Å²) < 4.78 is 5.82. The van der Waals surface area contributed by atoms with E-state index in [1.165, 1.54) is 5.56 Å². The number of aryl methyl sites for hydroxylation is 1. The lowest BCUT2D eigenvalue weighted by atomic mass is 9.94. The van der Waals surface area contributed by atoms with Crippen LogP contribution in [0.1, 0.15) is 36.5 Å². The smallest absolute Gasteiger partial charge is 0.307 e. The van der Waals surface area contributed by atoms with Gasteiger partial charge in [0.05, 0.1) is 5.92 Å². The fourth-order valence-corrected chi connectivity index (χ4v) is 2.96. The van der Waals surface area contributed by atoms with E-state index in [9.17, 15) is 9.90 Å². The van der Waals surface area contributed by atoms with E-state index in [4.69, 9.17) is 4.42 Å². The van der Waals surface area contributed by atoms with Crippen LogP contribution in [0, 0.1) is 12.8 Å². The van der Waals surface area contributed by atoms with E-state index < -0.39 is 5.97 Å². The quantitative estimate of drug-likeness (QED) is 0.876. The van der Waals surface area contributed by atoms with Crippen LogP contribution >= 0.6 is 0 Å². The van der Waals surface area contributed by atoms with Gasteiger partial charge in [0.25, 0.3) is 0 Å². The average molecular weight is 244 g/mol. The number of benzene rings is 1. The molecule has 1 fully saturated rings. The van der Waals surface area contributed by atoms with Crippen LogP contribution in [0.5, 0.6) is 0 Å². The summed E-state index contributed by atoms with van der Waals surface area (Å²) in [7, 11) is 0. The number of carbonyl (C=O) groups is 1. The highest BCUT2D eigenvalue weighted by Crippen LogP contribution is 2.41. The van der Waals surface area contributed by atoms with E-state index in [-0.39, 0.29) is 11.8 Å². The summed E-state index contributed by atoms with van der Waals surface area (Å²) in [5, 5.41) is 10.3.